The van der Waals surface area contributed by atoms with Crippen LogP contribution in [0.5, 0.6) is 0 Å². The minimum atomic E-state index is -3.44. The molecule has 1 saturated carbocycles. The van der Waals surface area contributed by atoms with Crippen molar-refractivity contribution in [2.75, 3.05) is 0 Å². The molecule has 1 aliphatic rings. The third-order valence-corrected chi connectivity index (χ3v) is 6.35. The Hall–Kier alpha value is 0.0900. The Morgan fingerprint density at radius 1 is 1.05 bits per heavy atom. The second kappa shape index (κ2) is 6.70. The van der Waals surface area contributed by atoms with E-state index < -0.39 is 10.0 Å². The van der Waals surface area contributed by atoms with Gasteiger partial charge in [-0.2, -0.15) is 0 Å². The lowest BCUT2D eigenvalue weighted by atomic mass is 10.1. The maximum Gasteiger partial charge on any atom is 0.241 e. The van der Waals surface area contributed by atoms with E-state index in [1.54, 1.807) is 18.2 Å². The molecule has 0 bridgehead atoms. The summed E-state index contributed by atoms with van der Waals surface area (Å²) in [6, 6.07) is 5.18. The molecule has 1 aromatic rings. The van der Waals surface area contributed by atoms with Crippen LogP contribution in [-0.4, -0.2) is 14.5 Å². The van der Waals surface area contributed by atoms with Crippen molar-refractivity contribution in [2.24, 2.45) is 0 Å². The van der Waals surface area contributed by atoms with E-state index >= 15 is 0 Å². The van der Waals surface area contributed by atoms with E-state index in [0.717, 1.165) is 30.2 Å². The normalized spacial score (nSPS) is 18.2. The van der Waals surface area contributed by atoms with E-state index in [1.807, 2.05) is 0 Å². The molecular formula is C13H17Br2NO2S. The molecule has 1 N–H and O–H groups in total. The summed E-state index contributed by atoms with van der Waals surface area (Å²) in [7, 11) is -3.44. The van der Waals surface area contributed by atoms with Crippen LogP contribution in [0.25, 0.3) is 0 Å². The van der Waals surface area contributed by atoms with E-state index in [0.29, 0.717) is 9.37 Å². The van der Waals surface area contributed by atoms with Gasteiger partial charge in [0.2, 0.25) is 10.0 Å². The molecule has 0 saturated heterocycles. The molecule has 0 amide bonds. The standard InChI is InChI=1S/C13H17Br2NO2S/c14-10-7-8-13(12(15)9-10)19(17,18)16-11-5-3-1-2-4-6-11/h7-9,11,16H,1-6H2. The molecule has 1 aromatic carbocycles. The first-order chi connectivity index (χ1) is 8.99. The molecule has 6 heteroatoms. The minimum Gasteiger partial charge on any atom is -0.208 e. The van der Waals surface area contributed by atoms with Crippen LogP contribution in [0.15, 0.2) is 32.0 Å². The fourth-order valence-corrected chi connectivity index (χ4v) is 5.42. The summed E-state index contributed by atoms with van der Waals surface area (Å²) >= 11 is 6.64. The highest BCUT2D eigenvalue weighted by Crippen LogP contribution is 2.27. The van der Waals surface area contributed by atoms with Gasteiger partial charge in [-0.05, 0) is 47.0 Å². The molecule has 3 nitrogen and oxygen atoms in total. The summed E-state index contributed by atoms with van der Waals surface area (Å²) in [5.74, 6) is 0. The maximum absolute atomic E-state index is 12.4. The summed E-state index contributed by atoms with van der Waals surface area (Å²) in [6.45, 7) is 0. The van der Waals surface area contributed by atoms with Crippen LogP contribution >= 0.6 is 31.9 Å². The molecule has 0 atom stereocenters. The average molecular weight is 411 g/mol. The molecule has 2 rings (SSSR count). The fraction of sp³-hybridized carbons (Fsp3) is 0.538. The summed E-state index contributed by atoms with van der Waals surface area (Å²) in [6.07, 6.45) is 6.50. The van der Waals surface area contributed by atoms with Gasteiger partial charge in [-0.15, -0.1) is 0 Å². The van der Waals surface area contributed by atoms with Crippen LogP contribution in [0.1, 0.15) is 38.5 Å². The zero-order chi connectivity index (χ0) is 13.9. The Kier molecular flexibility index (Phi) is 5.45. The lowest BCUT2D eigenvalue weighted by molar-refractivity contribution is 0.509. The van der Waals surface area contributed by atoms with E-state index in [9.17, 15) is 8.42 Å². The second-order valence-corrected chi connectivity index (χ2v) is 8.34. The van der Waals surface area contributed by atoms with Crippen molar-refractivity contribution in [1.29, 1.82) is 0 Å². The van der Waals surface area contributed by atoms with Crippen molar-refractivity contribution in [2.45, 2.75) is 49.5 Å². The Labute approximate surface area is 131 Å². The largest absolute Gasteiger partial charge is 0.241 e. The Morgan fingerprint density at radius 3 is 2.26 bits per heavy atom. The van der Waals surface area contributed by atoms with Crippen LogP contribution in [0.2, 0.25) is 0 Å². The first kappa shape index (κ1) is 15.5. The number of nitrogens with one attached hydrogen (secondary N) is 1. The van der Waals surface area contributed by atoms with Crippen LogP contribution in [0.3, 0.4) is 0 Å². The average Bonchev–Trinajstić information content (AvgIpc) is 2.56. The van der Waals surface area contributed by atoms with Crippen molar-refractivity contribution >= 4 is 41.9 Å². The smallest absolute Gasteiger partial charge is 0.208 e. The number of halogens is 2. The minimum absolute atomic E-state index is 0.0723. The molecule has 0 spiro atoms. The van der Waals surface area contributed by atoms with Gasteiger partial charge >= 0.3 is 0 Å². The van der Waals surface area contributed by atoms with Gasteiger partial charge in [0.05, 0.1) is 4.90 Å². The molecule has 0 unspecified atom stereocenters. The number of sulfonamides is 1. The maximum atomic E-state index is 12.4. The zero-order valence-corrected chi connectivity index (χ0v) is 14.5. The highest BCUT2D eigenvalue weighted by molar-refractivity contribution is 9.11. The predicted molar refractivity (Wildman–Crippen MR) is 83.7 cm³/mol. The summed E-state index contributed by atoms with van der Waals surface area (Å²) in [4.78, 5) is 0.306. The van der Waals surface area contributed by atoms with Crippen molar-refractivity contribution < 1.29 is 8.42 Å². The van der Waals surface area contributed by atoms with Gasteiger partial charge in [-0.3, -0.25) is 0 Å². The lowest BCUT2D eigenvalue weighted by Gasteiger charge is -2.17. The van der Waals surface area contributed by atoms with E-state index in [4.69, 9.17) is 0 Å². The quantitative estimate of drug-likeness (QED) is 0.758. The number of rotatable bonds is 3. The molecular weight excluding hydrogens is 394 g/mol. The fourth-order valence-electron chi connectivity index (χ4n) is 2.37. The summed E-state index contributed by atoms with van der Waals surface area (Å²) in [5, 5.41) is 0. The Balaban J connectivity index is 2.17. The lowest BCUT2D eigenvalue weighted by Crippen LogP contribution is -2.34. The van der Waals surface area contributed by atoms with Crippen LogP contribution in [0, 0.1) is 0 Å². The van der Waals surface area contributed by atoms with Gasteiger partial charge in [0.25, 0.3) is 0 Å². The highest BCUT2D eigenvalue weighted by atomic mass is 79.9. The van der Waals surface area contributed by atoms with E-state index in [1.165, 1.54) is 12.8 Å². The monoisotopic (exact) mass is 409 g/mol. The first-order valence-corrected chi connectivity index (χ1v) is 9.53. The van der Waals surface area contributed by atoms with E-state index in [-0.39, 0.29) is 6.04 Å². The topological polar surface area (TPSA) is 46.2 Å². The molecule has 0 radical (unpaired) electrons. The molecule has 0 heterocycles. The third-order valence-electron chi connectivity index (χ3n) is 3.36. The molecule has 0 aliphatic heterocycles. The number of hydrogen-bond donors (Lipinski definition) is 1. The van der Waals surface area contributed by atoms with Gasteiger partial charge in [0.1, 0.15) is 0 Å². The van der Waals surface area contributed by atoms with Gasteiger partial charge < -0.3 is 0 Å². The van der Waals surface area contributed by atoms with Crippen molar-refractivity contribution in [1.82, 2.24) is 4.72 Å². The summed E-state index contributed by atoms with van der Waals surface area (Å²) < 4.78 is 29.1. The van der Waals surface area contributed by atoms with Gasteiger partial charge in [0.15, 0.2) is 0 Å². The van der Waals surface area contributed by atoms with Gasteiger partial charge in [-0.25, -0.2) is 13.1 Å². The summed E-state index contributed by atoms with van der Waals surface area (Å²) in [5.41, 5.74) is 0. The van der Waals surface area contributed by atoms with Crippen molar-refractivity contribution in [3.8, 4) is 0 Å². The molecule has 106 valence electrons. The van der Waals surface area contributed by atoms with Crippen molar-refractivity contribution in [3.63, 3.8) is 0 Å². The Morgan fingerprint density at radius 2 is 1.68 bits per heavy atom. The number of hydrogen-bond acceptors (Lipinski definition) is 2. The molecule has 1 aliphatic carbocycles. The second-order valence-electron chi connectivity index (χ2n) is 4.88. The first-order valence-electron chi connectivity index (χ1n) is 6.46. The number of benzene rings is 1. The predicted octanol–water partition coefficient (Wildman–Crippen LogP) is 4.21. The van der Waals surface area contributed by atoms with E-state index in [2.05, 4.69) is 36.6 Å². The zero-order valence-electron chi connectivity index (χ0n) is 10.5. The van der Waals surface area contributed by atoms with Crippen LogP contribution in [-0.2, 0) is 10.0 Å². The third kappa shape index (κ3) is 4.28. The van der Waals surface area contributed by atoms with Crippen LogP contribution in [0.4, 0.5) is 0 Å². The van der Waals surface area contributed by atoms with Gasteiger partial charge in [-0.1, -0.05) is 41.6 Å². The SMILES string of the molecule is O=S(=O)(NC1CCCCCC1)c1ccc(Br)cc1Br. The molecule has 19 heavy (non-hydrogen) atoms. The Bertz CT molecular complexity index is 538. The van der Waals surface area contributed by atoms with Crippen molar-refractivity contribution in [3.05, 3.63) is 27.1 Å². The van der Waals surface area contributed by atoms with Crippen LogP contribution < -0.4 is 4.72 Å². The van der Waals surface area contributed by atoms with Gasteiger partial charge in [0, 0.05) is 15.0 Å². The molecule has 0 aromatic heterocycles. The highest BCUT2D eigenvalue weighted by Gasteiger charge is 2.23. The molecule has 1 fully saturated rings.